The summed E-state index contributed by atoms with van der Waals surface area (Å²) < 4.78 is 15.2. The minimum Gasteiger partial charge on any atom is -0.349 e. The van der Waals surface area contributed by atoms with Crippen LogP contribution >= 0.6 is 0 Å². The summed E-state index contributed by atoms with van der Waals surface area (Å²) in [5.41, 5.74) is 1.69. The lowest BCUT2D eigenvalue weighted by atomic mass is 9.95. The van der Waals surface area contributed by atoms with Crippen LogP contribution in [-0.4, -0.2) is 31.8 Å². The van der Waals surface area contributed by atoms with Crippen molar-refractivity contribution in [2.45, 2.75) is 38.1 Å². The second-order valence-electron chi connectivity index (χ2n) is 7.69. The quantitative estimate of drug-likeness (QED) is 0.546. The van der Waals surface area contributed by atoms with Gasteiger partial charge in [0.25, 0.3) is 11.5 Å². The number of H-pyrrole nitrogens is 1. The van der Waals surface area contributed by atoms with E-state index >= 15 is 0 Å². The number of carbonyl (C=O) groups excluding carboxylic acids is 1. The molecule has 2 heterocycles. The van der Waals surface area contributed by atoms with Crippen molar-refractivity contribution in [1.29, 1.82) is 0 Å². The smallest absolute Gasteiger partial charge is 0.281 e. The molecule has 2 N–H and O–H groups in total. The van der Waals surface area contributed by atoms with Crippen LogP contribution in [0.1, 0.15) is 42.5 Å². The first-order valence-corrected chi connectivity index (χ1v) is 10.1. The summed E-state index contributed by atoms with van der Waals surface area (Å²) in [5, 5.41) is 10.5. The summed E-state index contributed by atoms with van der Waals surface area (Å²) in [4.78, 5) is 29.5. The summed E-state index contributed by atoms with van der Waals surface area (Å²) in [7, 11) is 0. The largest absolute Gasteiger partial charge is 0.349 e. The van der Waals surface area contributed by atoms with Crippen LogP contribution in [0, 0.1) is 5.82 Å². The number of benzene rings is 2. The average molecular weight is 405 g/mol. The minimum atomic E-state index is -0.428. The summed E-state index contributed by atoms with van der Waals surface area (Å²) in [6, 6.07) is 11.0. The lowest BCUT2D eigenvalue weighted by Gasteiger charge is -2.22. The Bertz CT molecular complexity index is 1320. The molecule has 2 aromatic carbocycles. The fourth-order valence-corrected chi connectivity index (χ4v) is 4.11. The van der Waals surface area contributed by atoms with Gasteiger partial charge in [0.05, 0.1) is 10.9 Å². The van der Waals surface area contributed by atoms with E-state index < -0.39 is 11.4 Å². The third-order valence-corrected chi connectivity index (χ3v) is 5.66. The van der Waals surface area contributed by atoms with Crippen LogP contribution in [0.2, 0.25) is 0 Å². The number of amides is 1. The number of rotatable bonds is 3. The Labute approximate surface area is 170 Å². The van der Waals surface area contributed by atoms with Gasteiger partial charge in [0, 0.05) is 17.2 Å². The van der Waals surface area contributed by atoms with Gasteiger partial charge in [-0.15, -0.1) is 0 Å². The first kappa shape index (κ1) is 18.5. The number of aromatic amines is 1. The molecule has 4 aromatic rings. The predicted octanol–water partition coefficient (Wildman–Crippen LogP) is 3.44. The first-order chi connectivity index (χ1) is 14.6. The normalized spacial score (nSPS) is 15.0. The van der Waals surface area contributed by atoms with Gasteiger partial charge < -0.3 is 5.32 Å². The number of nitrogens with one attached hydrogen (secondary N) is 2. The number of halogens is 1. The Morgan fingerprint density at radius 3 is 2.77 bits per heavy atom. The van der Waals surface area contributed by atoms with Gasteiger partial charge in [0.2, 0.25) is 0 Å². The van der Waals surface area contributed by atoms with Crippen LogP contribution in [0.25, 0.3) is 27.8 Å². The molecule has 0 unspecified atom stereocenters. The van der Waals surface area contributed by atoms with Gasteiger partial charge in [0.15, 0.2) is 5.65 Å². The Hall–Kier alpha value is -3.55. The summed E-state index contributed by atoms with van der Waals surface area (Å²) >= 11 is 0. The maximum absolute atomic E-state index is 13.7. The number of hydrogen-bond donors (Lipinski definition) is 2. The van der Waals surface area contributed by atoms with Crippen molar-refractivity contribution in [1.82, 2.24) is 25.1 Å². The molecule has 30 heavy (non-hydrogen) atoms. The van der Waals surface area contributed by atoms with E-state index in [-0.39, 0.29) is 17.6 Å². The molecular weight excluding hydrogens is 385 g/mol. The van der Waals surface area contributed by atoms with Crippen molar-refractivity contribution >= 4 is 22.5 Å². The van der Waals surface area contributed by atoms with Gasteiger partial charge >= 0.3 is 0 Å². The van der Waals surface area contributed by atoms with E-state index in [1.54, 1.807) is 34.8 Å². The van der Waals surface area contributed by atoms with E-state index in [2.05, 4.69) is 20.6 Å². The monoisotopic (exact) mass is 405 g/mol. The summed E-state index contributed by atoms with van der Waals surface area (Å²) in [5.74, 6) is -0.565. The van der Waals surface area contributed by atoms with Crippen molar-refractivity contribution in [3.8, 4) is 11.3 Å². The van der Waals surface area contributed by atoms with Gasteiger partial charge in [-0.3, -0.25) is 9.59 Å². The maximum atomic E-state index is 13.7. The van der Waals surface area contributed by atoms with E-state index in [1.165, 1.54) is 18.6 Å². The molecule has 1 aliphatic carbocycles. The van der Waals surface area contributed by atoms with Crippen LogP contribution in [0.5, 0.6) is 0 Å². The van der Waals surface area contributed by atoms with Crippen LogP contribution in [0.3, 0.4) is 0 Å². The van der Waals surface area contributed by atoms with E-state index in [0.29, 0.717) is 27.7 Å². The van der Waals surface area contributed by atoms with E-state index in [1.807, 2.05) is 0 Å². The number of aromatic nitrogens is 4. The zero-order chi connectivity index (χ0) is 20.7. The Kier molecular flexibility index (Phi) is 4.54. The molecule has 1 saturated carbocycles. The van der Waals surface area contributed by atoms with Crippen LogP contribution in [0.15, 0.2) is 47.3 Å². The minimum absolute atomic E-state index is 0.160. The Balaban J connectivity index is 1.59. The van der Waals surface area contributed by atoms with E-state index in [4.69, 9.17) is 0 Å². The van der Waals surface area contributed by atoms with Crippen LogP contribution in [-0.2, 0) is 0 Å². The molecule has 2 aromatic heterocycles. The highest BCUT2D eigenvalue weighted by Gasteiger charge is 2.19. The zero-order valence-corrected chi connectivity index (χ0v) is 16.2. The highest BCUT2D eigenvalue weighted by atomic mass is 19.1. The topological polar surface area (TPSA) is 92.2 Å². The molecule has 0 radical (unpaired) electrons. The molecular formula is C22H20FN5O2. The first-order valence-electron chi connectivity index (χ1n) is 10.1. The number of hydrogen-bond acceptors (Lipinski definition) is 4. The fourth-order valence-electron chi connectivity index (χ4n) is 4.11. The lowest BCUT2D eigenvalue weighted by molar-refractivity contribution is 0.0928. The van der Waals surface area contributed by atoms with Gasteiger partial charge in [-0.2, -0.15) is 10.1 Å². The van der Waals surface area contributed by atoms with Crippen molar-refractivity contribution in [3.63, 3.8) is 0 Å². The van der Waals surface area contributed by atoms with Crippen molar-refractivity contribution in [2.75, 3.05) is 0 Å². The number of fused-ring (bicyclic) bond motifs is 3. The molecule has 1 amide bonds. The molecule has 1 fully saturated rings. The van der Waals surface area contributed by atoms with Gasteiger partial charge in [0.1, 0.15) is 11.5 Å². The second-order valence-corrected chi connectivity index (χ2v) is 7.69. The van der Waals surface area contributed by atoms with Crippen LogP contribution in [0.4, 0.5) is 4.39 Å². The third kappa shape index (κ3) is 3.24. The number of carbonyl (C=O) groups is 1. The second kappa shape index (κ2) is 7.37. The molecule has 5 rings (SSSR count). The average Bonchev–Trinajstić information content (AvgIpc) is 3.18. The fraction of sp³-hybridized carbons (Fsp3) is 0.273. The molecule has 8 heteroatoms. The molecule has 0 aliphatic heterocycles. The highest BCUT2D eigenvalue weighted by Crippen LogP contribution is 2.24. The predicted molar refractivity (Wildman–Crippen MR) is 111 cm³/mol. The maximum Gasteiger partial charge on any atom is 0.281 e. The molecule has 0 saturated heterocycles. The standard InChI is InChI=1S/C22H20FN5O2/c23-15-6-4-5-13(11-15)19-20-25-22(30)17-10-9-14(12-18(17)28(20)27-26-19)21(29)24-16-7-2-1-3-8-16/h4-6,9-12,16,27H,1-3,7-8H2,(H,24,29). The lowest BCUT2D eigenvalue weighted by Crippen LogP contribution is -2.36. The zero-order valence-electron chi connectivity index (χ0n) is 16.2. The van der Waals surface area contributed by atoms with Crippen molar-refractivity contribution in [2.24, 2.45) is 0 Å². The molecule has 152 valence electrons. The van der Waals surface area contributed by atoms with Crippen LogP contribution < -0.4 is 10.9 Å². The van der Waals surface area contributed by atoms with Gasteiger partial charge in [-0.1, -0.05) is 31.4 Å². The molecule has 0 spiro atoms. The van der Waals surface area contributed by atoms with E-state index in [0.717, 1.165) is 25.7 Å². The summed E-state index contributed by atoms with van der Waals surface area (Å²) in [6.45, 7) is 0. The van der Waals surface area contributed by atoms with E-state index in [9.17, 15) is 14.0 Å². The Morgan fingerprint density at radius 1 is 1.13 bits per heavy atom. The Morgan fingerprint density at radius 2 is 1.97 bits per heavy atom. The molecule has 0 bridgehead atoms. The SMILES string of the molecule is O=C(NC1CCCCC1)c1ccc2c(=O)nc3c(-c4cccc(F)c4)n[nH]n3c2c1. The molecule has 0 atom stereocenters. The summed E-state index contributed by atoms with van der Waals surface area (Å²) in [6.07, 6.45) is 5.45. The molecule has 7 nitrogen and oxygen atoms in total. The number of nitrogens with zero attached hydrogens (tertiary/aromatic N) is 3. The third-order valence-electron chi connectivity index (χ3n) is 5.66. The van der Waals surface area contributed by atoms with Crippen molar-refractivity contribution < 1.29 is 9.18 Å². The molecule has 1 aliphatic rings. The van der Waals surface area contributed by atoms with Gasteiger partial charge in [-0.25, -0.2) is 14.1 Å². The van der Waals surface area contributed by atoms with Crippen molar-refractivity contribution in [3.05, 3.63) is 64.2 Å². The van der Waals surface area contributed by atoms with Gasteiger partial charge in [-0.05, 0) is 43.2 Å². The highest BCUT2D eigenvalue weighted by molar-refractivity contribution is 5.98.